The number of phenolic OH excluding ortho intramolecular Hbond substituents is 2. The van der Waals surface area contributed by atoms with E-state index in [0.29, 0.717) is 0 Å². The van der Waals surface area contributed by atoms with Gasteiger partial charge in [-0.05, 0) is 35.4 Å². The van der Waals surface area contributed by atoms with Gasteiger partial charge in [-0.3, -0.25) is 0 Å². The van der Waals surface area contributed by atoms with Crippen molar-refractivity contribution in [2.75, 3.05) is 0 Å². The van der Waals surface area contributed by atoms with Gasteiger partial charge in [0.2, 0.25) is 0 Å². The second-order valence-electron chi connectivity index (χ2n) is 4.37. The van der Waals surface area contributed by atoms with Crippen LogP contribution in [0.1, 0.15) is 31.4 Å². The Balaban J connectivity index is 2.65. The lowest BCUT2D eigenvalue weighted by Crippen LogP contribution is -2.11. The summed E-state index contributed by atoms with van der Waals surface area (Å²) in [4.78, 5) is 0. The molecule has 2 N–H and O–H groups in total. The fraction of sp³-hybridized carbons (Fsp3) is 0.455. The zero-order chi connectivity index (χ0) is 9.64. The molecule has 70 valence electrons. The number of rotatable bonds is 0. The second kappa shape index (κ2) is 2.41. The van der Waals surface area contributed by atoms with Crippen molar-refractivity contribution in [3.63, 3.8) is 0 Å². The lowest BCUT2D eigenvalue weighted by atomic mass is 9.86. The Morgan fingerprint density at radius 1 is 1.23 bits per heavy atom. The predicted molar refractivity (Wildman–Crippen MR) is 51.1 cm³/mol. The Hall–Kier alpha value is -1.18. The maximum absolute atomic E-state index is 9.58. The maximum atomic E-state index is 9.58. The van der Waals surface area contributed by atoms with Crippen LogP contribution in [0, 0.1) is 0 Å². The number of fused-ring (bicyclic) bond motifs is 1. The van der Waals surface area contributed by atoms with Gasteiger partial charge in [-0.25, -0.2) is 0 Å². The Morgan fingerprint density at radius 3 is 2.62 bits per heavy atom. The van der Waals surface area contributed by atoms with Crippen molar-refractivity contribution >= 4 is 0 Å². The summed E-state index contributed by atoms with van der Waals surface area (Å²) >= 11 is 0. The molecule has 13 heavy (non-hydrogen) atoms. The highest BCUT2D eigenvalue weighted by molar-refractivity contribution is 5.51. The normalized spacial score (nSPS) is 18.6. The molecule has 0 unspecified atom stereocenters. The molecular weight excluding hydrogens is 164 g/mol. The van der Waals surface area contributed by atoms with Crippen LogP contribution in [0.5, 0.6) is 11.5 Å². The lowest BCUT2D eigenvalue weighted by molar-refractivity contribution is 0.445. The molecule has 0 atom stereocenters. The van der Waals surface area contributed by atoms with Crippen molar-refractivity contribution in [1.82, 2.24) is 0 Å². The molecule has 0 bridgehead atoms. The SMILES string of the molecule is CC1(C)CCc2c(O)cc(O)cc21. The molecule has 0 amide bonds. The summed E-state index contributed by atoms with van der Waals surface area (Å²) in [5.41, 5.74) is 2.18. The van der Waals surface area contributed by atoms with Crippen LogP contribution in [0.25, 0.3) is 0 Å². The van der Waals surface area contributed by atoms with Crippen molar-refractivity contribution in [3.8, 4) is 11.5 Å². The third kappa shape index (κ3) is 1.17. The number of hydrogen-bond donors (Lipinski definition) is 2. The van der Waals surface area contributed by atoms with Gasteiger partial charge in [-0.1, -0.05) is 13.8 Å². The number of hydrogen-bond acceptors (Lipinski definition) is 2. The quantitative estimate of drug-likeness (QED) is 0.640. The van der Waals surface area contributed by atoms with Crippen LogP contribution in [-0.2, 0) is 11.8 Å². The van der Waals surface area contributed by atoms with E-state index in [4.69, 9.17) is 0 Å². The monoisotopic (exact) mass is 178 g/mol. The third-order valence-electron chi connectivity index (χ3n) is 2.94. The van der Waals surface area contributed by atoms with Crippen LogP contribution in [0.3, 0.4) is 0 Å². The molecule has 0 heterocycles. The molecule has 0 saturated carbocycles. The average Bonchev–Trinajstić information content (AvgIpc) is 2.28. The molecule has 0 spiro atoms. The highest BCUT2D eigenvalue weighted by atomic mass is 16.3. The largest absolute Gasteiger partial charge is 0.508 e. The van der Waals surface area contributed by atoms with Gasteiger partial charge in [0.15, 0.2) is 0 Å². The molecule has 1 aromatic carbocycles. The molecule has 0 aliphatic heterocycles. The molecule has 1 aliphatic carbocycles. The van der Waals surface area contributed by atoms with Gasteiger partial charge in [0.1, 0.15) is 11.5 Å². The topological polar surface area (TPSA) is 40.5 Å². The molecule has 2 rings (SSSR count). The van der Waals surface area contributed by atoms with Crippen LogP contribution >= 0.6 is 0 Å². The lowest BCUT2D eigenvalue weighted by Gasteiger charge is -2.18. The van der Waals surface area contributed by atoms with Crippen LogP contribution in [0.4, 0.5) is 0 Å². The standard InChI is InChI=1S/C11H14O2/c1-11(2)4-3-8-9(11)5-7(12)6-10(8)13/h5-6,12-13H,3-4H2,1-2H3. The summed E-state index contributed by atoms with van der Waals surface area (Å²) in [6.45, 7) is 4.27. The Kier molecular flexibility index (Phi) is 1.56. The molecule has 2 nitrogen and oxygen atoms in total. The zero-order valence-electron chi connectivity index (χ0n) is 7.96. The van der Waals surface area contributed by atoms with Gasteiger partial charge >= 0.3 is 0 Å². The van der Waals surface area contributed by atoms with Crippen LogP contribution < -0.4 is 0 Å². The molecule has 2 heteroatoms. The van der Waals surface area contributed by atoms with Crippen molar-refractivity contribution < 1.29 is 10.2 Å². The van der Waals surface area contributed by atoms with E-state index in [2.05, 4.69) is 13.8 Å². The van der Waals surface area contributed by atoms with Gasteiger partial charge in [0, 0.05) is 6.07 Å². The van der Waals surface area contributed by atoms with Crippen molar-refractivity contribution in [3.05, 3.63) is 23.3 Å². The highest BCUT2D eigenvalue weighted by Crippen LogP contribution is 2.43. The van der Waals surface area contributed by atoms with Crippen LogP contribution in [0.2, 0.25) is 0 Å². The summed E-state index contributed by atoms with van der Waals surface area (Å²) in [6, 6.07) is 3.18. The van der Waals surface area contributed by atoms with Crippen LogP contribution in [0.15, 0.2) is 12.1 Å². The van der Waals surface area contributed by atoms with Crippen molar-refractivity contribution in [2.45, 2.75) is 32.1 Å². The first-order valence-corrected chi connectivity index (χ1v) is 4.56. The fourth-order valence-corrected chi connectivity index (χ4v) is 2.08. The van der Waals surface area contributed by atoms with Crippen molar-refractivity contribution in [2.24, 2.45) is 0 Å². The highest BCUT2D eigenvalue weighted by Gasteiger charge is 2.31. The Morgan fingerprint density at radius 2 is 1.92 bits per heavy atom. The number of benzene rings is 1. The minimum Gasteiger partial charge on any atom is -0.508 e. The van der Waals surface area contributed by atoms with Crippen LogP contribution in [-0.4, -0.2) is 10.2 Å². The minimum atomic E-state index is 0.0888. The molecule has 1 aromatic rings. The van der Waals surface area contributed by atoms with Gasteiger partial charge in [0.25, 0.3) is 0 Å². The fourth-order valence-electron chi connectivity index (χ4n) is 2.08. The first-order valence-electron chi connectivity index (χ1n) is 4.56. The number of phenols is 2. The molecular formula is C11H14O2. The minimum absolute atomic E-state index is 0.0888. The number of aromatic hydroxyl groups is 2. The summed E-state index contributed by atoms with van der Waals surface area (Å²) < 4.78 is 0. The van der Waals surface area contributed by atoms with Gasteiger partial charge in [0.05, 0.1) is 0 Å². The smallest absolute Gasteiger partial charge is 0.122 e. The summed E-state index contributed by atoms with van der Waals surface area (Å²) in [5.74, 6) is 0.395. The van der Waals surface area contributed by atoms with E-state index in [0.717, 1.165) is 24.0 Å². The molecule has 0 aromatic heterocycles. The van der Waals surface area contributed by atoms with E-state index in [9.17, 15) is 10.2 Å². The summed E-state index contributed by atoms with van der Waals surface area (Å²) in [5, 5.41) is 18.9. The van der Waals surface area contributed by atoms with E-state index in [1.165, 1.54) is 6.07 Å². The van der Waals surface area contributed by atoms with Crippen molar-refractivity contribution in [1.29, 1.82) is 0 Å². The Labute approximate surface area is 77.8 Å². The predicted octanol–water partition coefficient (Wildman–Crippen LogP) is 2.32. The van der Waals surface area contributed by atoms with E-state index in [-0.39, 0.29) is 16.9 Å². The summed E-state index contributed by atoms with van der Waals surface area (Å²) in [7, 11) is 0. The Bertz CT molecular complexity index is 353. The van der Waals surface area contributed by atoms with E-state index >= 15 is 0 Å². The molecule has 0 saturated heterocycles. The summed E-state index contributed by atoms with van der Waals surface area (Å²) in [6.07, 6.45) is 1.95. The average molecular weight is 178 g/mol. The zero-order valence-corrected chi connectivity index (χ0v) is 7.96. The maximum Gasteiger partial charge on any atom is 0.122 e. The second-order valence-corrected chi connectivity index (χ2v) is 4.37. The molecule has 1 aliphatic rings. The van der Waals surface area contributed by atoms with E-state index in [1.807, 2.05) is 0 Å². The van der Waals surface area contributed by atoms with Gasteiger partial charge in [-0.15, -0.1) is 0 Å². The first kappa shape index (κ1) is 8.42. The molecule has 0 radical (unpaired) electrons. The third-order valence-corrected chi connectivity index (χ3v) is 2.94. The van der Waals surface area contributed by atoms with E-state index in [1.54, 1.807) is 6.07 Å². The van der Waals surface area contributed by atoms with Gasteiger partial charge in [-0.2, -0.15) is 0 Å². The first-order chi connectivity index (χ1) is 6.00. The van der Waals surface area contributed by atoms with Gasteiger partial charge < -0.3 is 10.2 Å². The molecule has 0 fully saturated rings. The van der Waals surface area contributed by atoms with E-state index < -0.39 is 0 Å².